The highest BCUT2D eigenvalue weighted by Gasteiger charge is 2.48. The Morgan fingerprint density at radius 1 is 0.962 bits per heavy atom. The molecule has 3 aliphatic heterocycles. The van der Waals surface area contributed by atoms with Gasteiger partial charge in [0.1, 0.15) is 12.1 Å². The summed E-state index contributed by atoms with van der Waals surface area (Å²) in [5.74, 6) is -2.52. The minimum absolute atomic E-state index is 0.292. The Balaban J connectivity index is 1.69. The monoisotopic (exact) mass is 357 g/mol. The number of carboxylic acids is 1. The van der Waals surface area contributed by atoms with Crippen molar-refractivity contribution in [1.29, 1.82) is 0 Å². The quantitative estimate of drug-likeness (QED) is 0.784. The summed E-state index contributed by atoms with van der Waals surface area (Å²) in [6, 6.07) is 4.58. The first-order valence-corrected chi connectivity index (χ1v) is 8.78. The van der Waals surface area contributed by atoms with Gasteiger partial charge in [-0.2, -0.15) is 0 Å². The third-order valence-corrected chi connectivity index (χ3v) is 5.32. The number of aliphatic carboxylic acids is 1. The van der Waals surface area contributed by atoms with Gasteiger partial charge in [0.15, 0.2) is 0 Å². The number of nitrogens with zero attached hydrogens (tertiary/aromatic N) is 3. The van der Waals surface area contributed by atoms with Crippen LogP contribution in [0, 0.1) is 0 Å². The molecule has 0 saturated carbocycles. The van der Waals surface area contributed by atoms with Gasteiger partial charge in [-0.3, -0.25) is 24.3 Å². The van der Waals surface area contributed by atoms with Crippen LogP contribution in [0.3, 0.4) is 0 Å². The molecule has 0 aliphatic carbocycles. The first-order valence-electron chi connectivity index (χ1n) is 8.78. The van der Waals surface area contributed by atoms with E-state index in [1.54, 1.807) is 29.3 Å². The van der Waals surface area contributed by atoms with E-state index in [1.165, 1.54) is 5.01 Å². The molecule has 0 unspecified atom stereocenters. The second kappa shape index (κ2) is 6.21. The van der Waals surface area contributed by atoms with Crippen molar-refractivity contribution in [2.24, 2.45) is 0 Å². The van der Waals surface area contributed by atoms with E-state index in [2.05, 4.69) is 0 Å². The molecule has 0 bridgehead atoms. The summed E-state index contributed by atoms with van der Waals surface area (Å²) in [7, 11) is 0. The third kappa shape index (κ3) is 2.40. The molecule has 0 radical (unpaired) electrons. The Morgan fingerprint density at radius 2 is 1.54 bits per heavy atom. The predicted octanol–water partition coefficient (Wildman–Crippen LogP) is 0.738. The maximum Gasteiger partial charge on any atom is 0.328 e. The van der Waals surface area contributed by atoms with E-state index in [0.29, 0.717) is 49.9 Å². The summed E-state index contributed by atoms with van der Waals surface area (Å²) in [5, 5.41) is 12.5. The maximum atomic E-state index is 13.2. The molecule has 1 aromatic carbocycles. The molecule has 26 heavy (non-hydrogen) atoms. The van der Waals surface area contributed by atoms with Crippen LogP contribution >= 0.6 is 0 Å². The van der Waals surface area contributed by atoms with Crippen molar-refractivity contribution in [3.8, 4) is 0 Å². The highest BCUT2D eigenvalue weighted by atomic mass is 16.4. The van der Waals surface area contributed by atoms with Crippen molar-refractivity contribution < 1.29 is 24.3 Å². The van der Waals surface area contributed by atoms with E-state index in [9.17, 15) is 24.3 Å². The number of carboxylic acid groups (broad SMARTS) is 1. The van der Waals surface area contributed by atoms with Crippen LogP contribution in [0.15, 0.2) is 24.3 Å². The van der Waals surface area contributed by atoms with Crippen LogP contribution in [0.25, 0.3) is 0 Å². The zero-order valence-electron chi connectivity index (χ0n) is 14.1. The molecular formula is C18H19N3O5. The lowest BCUT2D eigenvalue weighted by atomic mass is 10.1. The predicted molar refractivity (Wildman–Crippen MR) is 89.0 cm³/mol. The van der Waals surface area contributed by atoms with Crippen molar-refractivity contribution in [2.45, 2.75) is 37.8 Å². The van der Waals surface area contributed by atoms with Crippen molar-refractivity contribution in [3.63, 3.8) is 0 Å². The maximum absolute atomic E-state index is 13.2. The van der Waals surface area contributed by atoms with Crippen molar-refractivity contribution in [3.05, 3.63) is 35.4 Å². The first kappa shape index (κ1) is 16.7. The van der Waals surface area contributed by atoms with Crippen LogP contribution in [0.4, 0.5) is 0 Å². The van der Waals surface area contributed by atoms with Gasteiger partial charge >= 0.3 is 5.97 Å². The average molecular weight is 357 g/mol. The molecule has 136 valence electrons. The zero-order chi connectivity index (χ0) is 18.4. The number of fused-ring (bicyclic) bond motifs is 2. The fraction of sp³-hybridized carbons (Fsp3) is 0.444. The molecular weight excluding hydrogens is 338 g/mol. The van der Waals surface area contributed by atoms with Gasteiger partial charge in [0.2, 0.25) is 0 Å². The fourth-order valence-electron chi connectivity index (χ4n) is 4.11. The number of hydrogen-bond acceptors (Lipinski definition) is 5. The van der Waals surface area contributed by atoms with Gasteiger partial charge < -0.3 is 5.11 Å². The molecule has 8 heteroatoms. The van der Waals surface area contributed by atoms with E-state index in [1.807, 2.05) is 0 Å². The fourth-order valence-corrected chi connectivity index (χ4v) is 4.11. The normalized spacial score (nSPS) is 26.5. The molecule has 4 rings (SSSR count). The van der Waals surface area contributed by atoms with Crippen LogP contribution in [0.2, 0.25) is 0 Å². The standard InChI is InChI=1S/C18H19N3O5/c22-15-11-5-1-2-6-12(11)16(23)20(15)13-7-3-9-19-10-4-8-14(18(25)26)21(19)17(13)24/h1-2,5-6,13-14H,3-4,7-10H2,(H,25,26)/t13-,14-/m0/s1. The molecule has 0 aromatic heterocycles. The number of benzene rings is 1. The second-order valence-corrected chi connectivity index (χ2v) is 6.82. The number of hydrogen-bond donors (Lipinski definition) is 1. The lowest BCUT2D eigenvalue weighted by molar-refractivity contribution is -0.175. The van der Waals surface area contributed by atoms with Crippen LogP contribution in [0.1, 0.15) is 46.4 Å². The molecule has 2 atom stereocenters. The summed E-state index contributed by atoms with van der Waals surface area (Å²) in [5.41, 5.74) is 0.583. The number of carbonyl (C=O) groups is 4. The third-order valence-electron chi connectivity index (χ3n) is 5.32. The van der Waals surface area contributed by atoms with Gasteiger partial charge in [0, 0.05) is 13.1 Å². The van der Waals surface area contributed by atoms with Gasteiger partial charge in [-0.15, -0.1) is 0 Å². The van der Waals surface area contributed by atoms with E-state index < -0.39 is 35.8 Å². The molecule has 2 saturated heterocycles. The van der Waals surface area contributed by atoms with Gasteiger partial charge in [-0.25, -0.2) is 9.80 Å². The van der Waals surface area contributed by atoms with Crippen LogP contribution in [-0.4, -0.2) is 68.9 Å². The molecule has 3 heterocycles. The van der Waals surface area contributed by atoms with E-state index in [-0.39, 0.29) is 0 Å². The highest BCUT2D eigenvalue weighted by Crippen LogP contribution is 2.31. The van der Waals surface area contributed by atoms with Crippen LogP contribution in [0.5, 0.6) is 0 Å². The molecule has 3 amide bonds. The van der Waals surface area contributed by atoms with Crippen molar-refractivity contribution in [1.82, 2.24) is 14.9 Å². The summed E-state index contributed by atoms with van der Waals surface area (Å²) in [4.78, 5) is 51.3. The highest BCUT2D eigenvalue weighted by molar-refractivity contribution is 6.22. The minimum atomic E-state index is -1.06. The van der Waals surface area contributed by atoms with Crippen LogP contribution in [-0.2, 0) is 9.59 Å². The van der Waals surface area contributed by atoms with Gasteiger partial charge in [0.25, 0.3) is 17.7 Å². The number of carbonyl (C=O) groups excluding carboxylic acids is 3. The van der Waals surface area contributed by atoms with Crippen LogP contribution < -0.4 is 0 Å². The summed E-state index contributed by atoms with van der Waals surface area (Å²) >= 11 is 0. The molecule has 1 aromatic rings. The number of rotatable bonds is 2. The van der Waals surface area contributed by atoms with E-state index >= 15 is 0 Å². The minimum Gasteiger partial charge on any atom is -0.480 e. The average Bonchev–Trinajstić information content (AvgIpc) is 2.78. The zero-order valence-corrected chi connectivity index (χ0v) is 14.1. The molecule has 1 N–H and O–H groups in total. The van der Waals surface area contributed by atoms with Gasteiger partial charge in [-0.05, 0) is 37.8 Å². The summed E-state index contributed by atoms with van der Waals surface area (Å²) < 4.78 is 0. The molecule has 0 spiro atoms. The Hall–Kier alpha value is -2.74. The Kier molecular flexibility index (Phi) is 3.99. The van der Waals surface area contributed by atoms with Gasteiger partial charge in [-0.1, -0.05) is 12.1 Å². The van der Waals surface area contributed by atoms with E-state index in [0.717, 1.165) is 4.90 Å². The number of hydrazine groups is 1. The van der Waals surface area contributed by atoms with Gasteiger partial charge in [0.05, 0.1) is 11.1 Å². The summed E-state index contributed by atoms with van der Waals surface area (Å²) in [6.07, 6.45) is 2.00. The van der Waals surface area contributed by atoms with Crippen molar-refractivity contribution in [2.75, 3.05) is 13.1 Å². The molecule has 2 fully saturated rings. The molecule has 3 aliphatic rings. The SMILES string of the molecule is O=C(O)[C@@H]1CCCN2CCC[C@H](N3C(=O)c4ccccc4C3=O)C(=O)N12. The summed E-state index contributed by atoms with van der Waals surface area (Å²) in [6.45, 7) is 1.14. The molecule has 8 nitrogen and oxygen atoms in total. The Bertz CT molecular complexity index is 773. The Labute approximate surface area is 149 Å². The number of imide groups is 1. The topological polar surface area (TPSA) is 98.2 Å². The number of amides is 3. The largest absolute Gasteiger partial charge is 0.480 e. The van der Waals surface area contributed by atoms with E-state index in [4.69, 9.17) is 0 Å². The Morgan fingerprint density at radius 3 is 2.12 bits per heavy atom. The first-order chi connectivity index (χ1) is 12.5. The lowest BCUT2D eigenvalue weighted by Gasteiger charge is -2.42. The lowest BCUT2D eigenvalue weighted by Crippen LogP contribution is -2.61. The second-order valence-electron chi connectivity index (χ2n) is 6.82. The van der Waals surface area contributed by atoms with Crippen molar-refractivity contribution >= 4 is 23.7 Å². The smallest absolute Gasteiger partial charge is 0.328 e.